The molecule has 1 aromatic carbocycles. The highest BCUT2D eigenvalue weighted by Gasteiger charge is 2.63. The summed E-state index contributed by atoms with van der Waals surface area (Å²) in [6.07, 6.45) is 7.17. The molecule has 6 rings (SSSR count). The lowest BCUT2D eigenvalue weighted by atomic mass is 9.91. The Bertz CT molecular complexity index is 1360. The standard InChI is InChI=1S/C27H30N6O2/c1-26(2)16-27(26,17-28)20-11-29-25-30-21(14-33(25)13-20)24(35)32-10-8-22(23(34)15-32)31-9-7-18-5-3-4-6-19(18)12-31/h3-6,11,13-14,22-23,34H,7-10,12,15-16H2,1-2H3/t22-,23-,27?/m0/s1. The number of aliphatic hydroxyl groups excluding tert-OH is 1. The summed E-state index contributed by atoms with van der Waals surface area (Å²) in [7, 11) is 0. The SMILES string of the molecule is CC1(C)CC1(C#N)c1cnc2nc(C(=O)N3CC[C@H](N4CCc5ccccc5C4)[C@@H](O)C3)cn2c1. The molecule has 1 saturated carbocycles. The molecule has 0 radical (unpaired) electrons. The lowest BCUT2D eigenvalue weighted by molar-refractivity contribution is -0.0139. The van der Waals surface area contributed by atoms with E-state index < -0.39 is 11.5 Å². The number of fused-ring (bicyclic) bond motifs is 2. The molecule has 3 aromatic rings. The number of likely N-dealkylation sites (tertiary alicyclic amines) is 1. The van der Waals surface area contributed by atoms with Crippen molar-refractivity contribution < 1.29 is 9.90 Å². The number of aliphatic hydroxyl groups is 1. The molecule has 1 amide bonds. The number of nitriles is 1. The first-order valence-electron chi connectivity index (χ1n) is 12.4. The van der Waals surface area contributed by atoms with Gasteiger partial charge in [0.2, 0.25) is 5.78 Å². The zero-order chi connectivity index (χ0) is 24.4. The minimum atomic E-state index is -0.604. The van der Waals surface area contributed by atoms with E-state index in [-0.39, 0.29) is 17.4 Å². The lowest BCUT2D eigenvalue weighted by Gasteiger charge is -2.43. The Labute approximate surface area is 204 Å². The maximum absolute atomic E-state index is 13.3. The van der Waals surface area contributed by atoms with Gasteiger partial charge in [-0.25, -0.2) is 9.97 Å². The number of nitrogens with zero attached hydrogens (tertiary/aromatic N) is 6. The highest BCUT2D eigenvalue weighted by molar-refractivity contribution is 5.92. The molecule has 2 aromatic heterocycles. The maximum Gasteiger partial charge on any atom is 0.274 e. The number of hydrogen-bond acceptors (Lipinski definition) is 6. The Hall–Kier alpha value is -3.28. The Balaban J connectivity index is 1.16. The van der Waals surface area contributed by atoms with Gasteiger partial charge in [0.05, 0.1) is 17.6 Å². The van der Waals surface area contributed by atoms with Crippen LogP contribution in [0.25, 0.3) is 5.78 Å². The monoisotopic (exact) mass is 470 g/mol. The van der Waals surface area contributed by atoms with Crippen molar-refractivity contribution in [1.29, 1.82) is 5.26 Å². The van der Waals surface area contributed by atoms with Crippen LogP contribution in [0.1, 0.15) is 53.9 Å². The number of benzene rings is 1. The van der Waals surface area contributed by atoms with E-state index in [4.69, 9.17) is 0 Å². The van der Waals surface area contributed by atoms with Crippen LogP contribution < -0.4 is 0 Å². The zero-order valence-electron chi connectivity index (χ0n) is 20.2. The first kappa shape index (κ1) is 22.2. The Morgan fingerprint density at radius 3 is 2.69 bits per heavy atom. The summed E-state index contributed by atoms with van der Waals surface area (Å²) in [5, 5.41) is 20.8. The summed E-state index contributed by atoms with van der Waals surface area (Å²) >= 11 is 0. The van der Waals surface area contributed by atoms with Crippen LogP contribution in [0.3, 0.4) is 0 Å². The van der Waals surface area contributed by atoms with Crippen molar-refractivity contribution in [3.63, 3.8) is 0 Å². The average Bonchev–Trinajstić information content (AvgIpc) is 3.21. The lowest BCUT2D eigenvalue weighted by Crippen LogP contribution is -2.56. The van der Waals surface area contributed by atoms with Crippen molar-refractivity contribution in [2.45, 2.75) is 57.2 Å². The van der Waals surface area contributed by atoms with E-state index >= 15 is 0 Å². The molecule has 1 aliphatic carbocycles. The molecule has 3 atom stereocenters. The molecular formula is C27H30N6O2. The van der Waals surface area contributed by atoms with Gasteiger partial charge in [-0.2, -0.15) is 5.26 Å². The molecule has 8 nitrogen and oxygen atoms in total. The first-order valence-corrected chi connectivity index (χ1v) is 12.4. The molecule has 3 aliphatic rings. The number of piperidine rings is 1. The van der Waals surface area contributed by atoms with Crippen LogP contribution in [-0.4, -0.2) is 67.0 Å². The minimum Gasteiger partial charge on any atom is -0.390 e. The smallest absolute Gasteiger partial charge is 0.274 e. The number of hydrogen-bond donors (Lipinski definition) is 1. The molecule has 1 saturated heterocycles. The topological polar surface area (TPSA) is 97.8 Å². The van der Waals surface area contributed by atoms with Gasteiger partial charge in [-0.15, -0.1) is 0 Å². The van der Waals surface area contributed by atoms with E-state index in [9.17, 15) is 15.2 Å². The van der Waals surface area contributed by atoms with Crippen LogP contribution in [0.15, 0.2) is 42.9 Å². The Kier molecular flexibility index (Phi) is 4.99. The summed E-state index contributed by atoms with van der Waals surface area (Å²) in [5.74, 6) is 0.242. The molecular weight excluding hydrogens is 440 g/mol. The number of carbonyl (C=O) groups excluding carboxylic acids is 1. The van der Waals surface area contributed by atoms with E-state index in [2.05, 4.69) is 59.1 Å². The molecule has 1 N–H and O–H groups in total. The Morgan fingerprint density at radius 2 is 1.97 bits per heavy atom. The van der Waals surface area contributed by atoms with Crippen LogP contribution in [0.5, 0.6) is 0 Å². The van der Waals surface area contributed by atoms with Crippen molar-refractivity contribution in [2.75, 3.05) is 19.6 Å². The minimum absolute atomic E-state index is 0.0433. The highest BCUT2D eigenvalue weighted by atomic mass is 16.3. The van der Waals surface area contributed by atoms with E-state index in [1.165, 1.54) is 11.1 Å². The molecule has 0 spiro atoms. The van der Waals surface area contributed by atoms with Gasteiger partial charge in [0.25, 0.3) is 5.91 Å². The second kappa shape index (κ2) is 7.87. The highest BCUT2D eigenvalue weighted by Crippen LogP contribution is 2.63. The Morgan fingerprint density at radius 1 is 1.20 bits per heavy atom. The summed E-state index contributed by atoms with van der Waals surface area (Å²) in [6, 6.07) is 11.0. The zero-order valence-corrected chi connectivity index (χ0v) is 20.2. The van der Waals surface area contributed by atoms with E-state index in [0.717, 1.165) is 37.9 Å². The number of rotatable bonds is 3. The second-order valence-corrected chi connectivity index (χ2v) is 10.9. The van der Waals surface area contributed by atoms with Crippen LogP contribution >= 0.6 is 0 Å². The summed E-state index contributed by atoms with van der Waals surface area (Å²) < 4.78 is 1.74. The molecule has 8 heteroatoms. The van der Waals surface area contributed by atoms with Gasteiger partial charge >= 0.3 is 0 Å². The fraction of sp³-hybridized carbons (Fsp3) is 0.481. The van der Waals surface area contributed by atoms with Gasteiger partial charge in [0, 0.05) is 56.4 Å². The van der Waals surface area contributed by atoms with Crippen LogP contribution in [-0.2, 0) is 18.4 Å². The van der Waals surface area contributed by atoms with Crippen molar-refractivity contribution in [3.8, 4) is 6.07 Å². The van der Waals surface area contributed by atoms with Crippen molar-refractivity contribution in [1.82, 2.24) is 24.2 Å². The van der Waals surface area contributed by atoms with E-state index in [1.54, 1.807) is 21.7 Å². The van der Waals surface area contributed by atoms with Gasteiger partial charge in [-0.1, -0.05) is 38.1 Å². The summed E-state index contributed by atoms with van der Waals surface area (Å²) in [5.41, 5.74) is 3.26. The van der Waals surface area contributed by atoms with Gasteiger partial charge in [0.1, 0.15) is 5.69 Å². The fourth-order valence-corrected chi connectivity index (χ4v) is 6.07. The van der Waals surface area contributed by atoms with Crippen molar-refractivity contribution >= 4 is 11.7 Å². The molecule has 2 aliphatic heterocycles. The largest absolute Gasteiger partial charge is 0.390 e. The van der Waals surface area contributed by atoms with Crippen molar-refractivity contribution in [3.05, 3.63) is 65.2 Å². The maximum atomic E-state index is 13.3. The molecule has 1 unspecified atom stereocenters. The average molecular weight is 471 g/mol. The fourth-order valence-electron chi connectivity index (χ4n) is 6.07. The molecule has 0 bridgehead atoms. The van der Waals surface area contributed by atoms with Gasteiger partial charge in [0.15, 0.2) is 0 Å². The number of β-amino-alcohol motifs (C(OH)–C–C–N with tert-alkyl or cyclic N) is 1. The third-order valence-corrected chi connectivity index (χ3v) is 8.41. The molecule has 2 fully saturated rings. The molecule has 35 heavy (non-hydrogen) atoms. The van der Waals surface area contributed by atoms with Gasteiger partial charge in [-0.3, -0.25) is 14.1 Å². The van der Waals surface area contributed by atoms with Crippen LogP contribution in [0, 0.1) is 16.7 Å². The third-order valence-electron chi connectivity index (χ3n) is 8.41. The summed E-state index contributed by atoms with van der Waals surface area (Å²) in [6.45, 7) is 6.81. The normalized spacial score (nSPS) is 27.9. The third kappa shape index (κ3) is 3.53. The number of carbonyl (C=O) groups is 1. The predicted molar refractivity (Wildman–Crippen MR) is 130 cm³/mol. The quantitative estimate of drug-likeness (QED) is 0.632. The van der Waals surface area contributed by atoms with Gasteiger partial charge < -0.3 is 10.0 Å². The summed E-state index contributed by atoms with van der Waals surface area (Å²) in [4.78, 5) is 26.2. The first-order chi connectivity index (χ1) is 16.8. The molecule has 4 heterocycles. The van der Waals surface area contributed by atoms with Crippen LogP contribution in [0.4, 0.5) is 0 Å². The molecule has 180 valence electrons. The van der Waals surface area contributed by atoms with E-state index in [0.29, 0.717) is 24.6 Å². The van der Waals surface area contributed by atoms with Gasteiger partial charge in [-0.05, 0) is 35.8 Å². The second-order valence-electron chi connectivity index (χ2n) is 10.9. The van der Waals surface area contributed by atoms with E-state index in [1.807, 2.05) is 6.20 Å². The predicted octanol–water partition coefficient (Wildman–Crippen LogP) is 2.55. The van der Waals surface area contributed by atoms with Crippen LogP contribution in [0.2, 0.25) is 0 Å². The number of aromatic nitrogens is 3. The number of amides is 1. The van der Waals surface area contributed by atoms with Crippen molar-refractivity contribution in [2.24, 2.45) is 5.41 Å². The number of imidazole rings is 1.